The molecule has 8 heteroatoms. The fourth-order valence-corrected chi connectivity index (χ4v) is 5.25. The Hall–Kier alpha value is -1.51. The quantitative estimate of drug-likeness (QED) is 0.826. The van der Waals surface area contributed by atoms with E-state index in [1.165, 1.54) is 22.5 Å². The van der Waals surface area contributed by atoms with Gasteiger partial charge in [-0.05, 0) is 56.7 Å². The summed E-state index contributed by atoms with van der Waals surface area (Å²) < 4.78 is 40.1. The third-order valence-corrected chi connectivity index (χ3v) is 7.09. The number of amides is 1. The fraction of sp³-hybridized carbons (Fsp3) is 0.611. The lowest BCUT2D eigenvalue weighted by Gasteiger charge is -2.33. The molecule has 1 aliphatic carbocycles. The number of sulfonamides is 1. The molecule has 0 spiro atoms. The van der Waals surface area contributed by atoms with Crippen LogP contribution < -0.4 is 5.32 Å². The number of hydrogen-bond donors (Lipinski definition) is 2. The lowest BCUT2D eigenvalue weighted by Crippen LogP contribution is -2.48. The minimum Gasteiger partial charge on any atom is -0.393 e. The summed E-state index contributed by atoms with van der Waals surface area (Å²) >= 11 is 0. The van der Waals surface area contributed by atoms with Gasteiger partial charge in [0.25, 0.3) is 0 Å². The Kier molecular flexibility index (Phi) is 5.94. The van der Waals surface area contributed by atoms with E-state index in [0.717, 1.165) is 18.9 Å². The summed E-state index contributed by atoms with van der Waals surface area (Å²) in [5.41, 5.74) is 0. The highest BCUT2D eigenvalue weighted by atomic mass is 32.2. The molecule has 144 valence electrons. The maximum absolute atomic E-state index is 13.4. The first kappa shape index (κ1) is 19.3. The first-order chi connectivity index (χ1) is 12.4. The summed E-state index contributed by atoms with van der Waals surface area (Å²) in [5.74, 6) is -1.14. The van der Waals surface area contributed by atoms with E-state index in [1.807, 2.05) is 0 Å². The highest BCUT2D eigenvalue weighted by Gasteiger charge is 2.34. The van der Waals surface area contributed by atoms with Crippen molar-refractivity contribution in [2.75, 3.05) is 13.1 Å². The number of halogens is 1. The van der Waals surface area contributed by atoms with Gasteiger partial charge in [-0.15, -0.1) is 0 Å². The first-order valence-electron chi connectivity index (χ1n) is 9.10. The first-order valence-corrected chi connectivity index (χ1v) is 10.5. The maximum Gasteiger partial charge on any atom is 0.243 e. The zero-order valence-corrected chi connectivity index (χ0v) is 15.4. The van der Waals surface area contributed by atoms with E-state index in [0.29, 0.717) is 32.2 Å². The van der Waals surface area contributed by atoms with Crippen molar-refractivity contribution < 1.29 is 22.7 Å². The SMILES string of the molecule is O=C(NC1CCC(O)CC1)C1CCCN(S(=O)(=O)c2cccc(F)c2)C1. The van der Waals surface area contributed by atoms with Gasteiger partial charge < -0.3 is 10.4 Å². The predicted molar refractivity (Wildman–Crippen MR) is 94.3 cm³/mol. The predicted octanol–water partition coefficient (Wildman–Crippen LogP) is 1.65. The number of carbonyl (C=O) groups is 1. The van der Waals surface area contributed by atoms with Crippen LogP contribution in [0.25, 0.3) is 0 Å². The molecule has 26 heavy (non-hydrogen) atoms. The van der Waals surface area contributed by atoms with Crippen LogP contribution in [-0.4, -0.2) is 49.0 Å². The van der Waals surface area contributed by atoms with E-state index in [9.17, 15) is 22.7 Å². The number of carbonyl (C=O) groups excluding carboxylic acids is 1. The summed E-state index contributed by atoms with van der Waals surface area (Å²) in [5, 5.41) is 12.5. The van der Waals surface area contributed by atoms with E-state index in [4.69, 9.17) is 0 Å². The zero-order chi connectivity index (χ0) is 18.7. The molecule has 1 aliphatic heterocycles. The molecular formula is C18H25FN2O4S. The van der Waals surface area contributed by atoms with Crippen LogP contribution in [0, 0.1) is 11.7 Å². The molecule has 3 rings (SSSR count). The number of benzene rings is 1. The molecule has 0 aromatic heterocycles. The third kappa shape index (κ3) is 4.42. The number of nitrogens with zero attached hydrogens (tertiary/aromatic N) is 1. The lowest BCUT2D eigenvalue weighted by atomic mass is 9.92. The smallest absolute Gasteiger partial charge is 0.243 e. The topological polar surface area (TPSA) is 86.7 Å². The van der Waals surface area contributed by atoms with Crippen LogP contribution in [0.4, 0.5) is 4.39 Å². The average Bonchev–Trinajstić information content (AvgIpc) is 2.63. The number of hydrogen-bond acceptors (Lipinski definition) is 4. The van der Waals surface area contributed by atoms with Crippen LogP contribution in [0.3, 0.4) is 0 Å². The molecule has 1 heterocycles. The molecular weight excluding hydrogens is 359 g/mol. The summed E-state index contributed by atoms with van der Waals surface area (Å²) in [7, 11) is -3.81. The van der Waals surface area contributed by atoms with Gasteiger partial charge in [0.2, 0.25) is 15.9 Å². The van der Waals surface area contributed by atoms with Gasteiger partial charge in [0.15, 0.2) is 0 Å². The molecule has 2 fully saturated rings. The van der Waals surface area contributed by atoms with Gasteiger partial charge in [-0.2, -0.15) is 4.31 Å². The molecule has 1 aromatic carbocycles. The Labute approximate surface area is 153 Å². The van der Waals surface area contributed by atoms with E-state index in [2.05, 4.69) is 5.32 Å². The molecule has 1 unspecified atom stereocenters. The van der Waals surface area contributed by atoms with Gasteiger partial charge in [0.1, 0.15) is 5.82 Å². The lowest BCUT2D eigenvalue weighted by molar-refractivity contribution is -0.127. The minimum absolute atomic E-state index is 0.0427. The summed E-state index contributed by atoms with van der Waals surface area (Å²) in [6.07, 6.45) is 3.78. The van der Waals surface area contributed by atoms with E-state index >= 15 is 0 Å². The molecule has 1 aromatic rings. The highest BCUT2D eigenvalue weighted by Crippen LogP contribution is 2.25. The highest BCUT2D eigenvalue weighted by molar-refractivity contribution is 7.89. The molecule has 2 aliphatic rings. The molecule has 1 atom stereocenters. The monoisotopic (exact) mass is 384 g/mol. The maximum atomic E-state index is 13.4. The molecule has 1 saturated heterocycles. The van der Waals surface area contributed by atoms with Crippen molar-refractivity contribution in [2.45, 2.75) is 55.6 Å². The number of aliphatic hydroxyl groups excluding tert-OH is 1. The van der Waals surface area contributed by atoms with Crippen LogP contribution >= 0.6 is 0 Å². The fourth-order valence-electron chi connectivity index (χ4n) is 3.69. The van der Waals surface area contributed by atoms with Crippen molar-refractivity contribution in [3.05, 3.63) is 30.1 Å². The minimum atomic E-state index is -3.81. The van der Waals surface area contributed by atoms with E-state index in [1.54, 1.807) is 0 Å². The summed E-state index contributed by atoms with van der Waals surface area (Å²) in [6.45, 7) is 0.443. The Morgan fingerprint density at radius 1 is 1.19 bits per heavy atom. The summed E-state index contributed by atoms with van der Waals surface area (Å²) in [4.78, 5) is 12.5. The van der Waals surface area contributed by atoms with Crippen molar-refractivity contribution >= 4 is 15.9 Å². The second-order valence-corrected chi connectivity index (χ2v) is 9.11. The van der Waals surface area contributed by atoms with E-state index < -0.39 is 21.8 Å². The standard InChI is InChI=1S/C18H25FN2O4S/c19-14-4-1-5-17(11-14)26(24,25)21-10-2-3-13(12-21)18(23)20-15-6-8-16(22)9-7-15/h1,4-5,11,13,15-16,22H,2-3,6-10,12H2,(H,20,23). The average molecular weight is 384 g/mol. The van der Waals surface area contributed by atoms with Gasteiger partial charge >= 0.3 is 0 Å². The van der Waals surface area contributed by atoms with Crippen molar-refractivity contribution in [1.29, 1.82) is 0 Å². The van der Waals surface area contributed by atoms with Crippen LogP contribution in [-0.2, 0) is 14.8 Å². The third-order valence-electron chi connectivity index (χ3n) is 5.23. The zero-order valence-electron chi connectivity index (χ0n) is 14.6. The van der Waals surface area contributed by atoms with Crippen LogP contribution in [0.1, 0.15) is 38.5 Å². The molecule has 0 bridgehead atoms. The Balaban J connectivity index is 1.64. The van der Waals surface area contributed by atoms with Crippen LogP contribution in [0.5, 0.6) is 0 Å². The van der Waals surface area contributed by atoms with Gasteiger partial charge in [-0.3, -0.25) is 4.79 Å². The van der Waals surface area contributed by atoms with Gasteiger partial charge in [-0.1, -0.05) is 6.07 Å². The van der Waals surface area contributed by atoms with Crippen LogP contribution in [0.15, 0.2) is 29.2 Å². The Morgan fingerprint density at radius 3 is 2.62 bits per heavy atom. The Bertz CT molecular complexity index is 747. The molecule has 1 amide bonds. The van der Waals surface area contributed by atoms with Crippen molar-refractivity contribution in [2.24, 2.45) is 5.92 Å². The van der Waals surface area contributed by atoms with Gasteiger partial charge in [0, 0.05) is 19.1 Å². The number of piperidine rings is 1. The largest absolute Gasteiger partial charge is 0.393 e. The second-order valence-electron chi connectivity index (χ2n) is 7.17. The van der Waals surface area contributed by atoms with Gasteiger partial charge in [-0.25, -0.2) is 12.8 Å². The molecule has 6 nitrogen and oxygen atoms in total. The summed E-state index contributed by atoms with van der Waals surface area (Å²) in [6, 6.07) is 4.99. The van der Waals surface area contributed by atoms with Crippen molar-refractivity contribution in [3.63, 3.8) is 0 Å². The Morgan fingerprint density at radius 2 is 1.92 bits per heavy atom. The van der Waals surface area contributed by atoms with E-state index in [-0.39, 0.29) is 29.5 Å². The van der Waals surface area contributed by atoms with Crippen molar-refractivity contribution in [3.8, 4) is 0 Å². The van der Waals surface area contributed by atoms with Gasteiger partial charge in [0.05, 0.1) is 16.9 Å². The van der Waals surface area contributed by atoms with Crippen LogP contribution in [0.2, 0.25) is 0 Å². The molecule has 0 radical (unpaired) electrons. The number of rotatable bonds is 4. The number of nitrogens with one attached hydrogen (secondary N) is 1. The normalized spacial score (nSPS) is 27.8. The number of aliphatic hydroxyl groups is 1. The molecule has 1 saturated carbocycles. The second kappa shape index (κ2) is 8.02. The van der Waals surface area contributed by atoms with Crippen molar-refractivity contribution in [1.82, 2.24) is 9.62 Å². The molecule has 2 N–H and O–H groups in total.